The maximum atomic E-state index is 12.3. The zero-order valence-corrected chi connectivity index (χ0v) is 13.1. The van der Waals surface area contributed by atoms with E-state index in [1.54, 1.807) is 39.3 Å². The van der Waals surface area contributed by atoms with E-state index in [0.29, 0.717) is 34.9 Å². The lowest BCUT2D eigenvalue weighted by Crippen LogP contribution is -2.24. The summed E-state index contributed by atoms with van der Waals surface area (Å²) in [4.78, 5) is 30.9. The fraction of sp³-hybridized carbons (Fsp3) is 0.312. The molecule has 0 aliphatic heterocycles. The van der Waals surface area contributed by atoms with Crippen LogP contribution in [0.5, 0.6) is 5.88 Å². The molecule has 0 bridgehead atoms. The second-order valence-electron chi connectivity index (χ2n) is 5.07. The van der Waals surface area contributed by atoms with Gasteiger partial charge in [0.25, 0.3) is 5.91 Å². The number of H-pyrrole nitrogens is 1. The number of aromatic amines is 1. The van der Waals surface area contributed by atoms with Crippen molar-refractivity contribution in [3.05, 3.63) is 46.4 Å². The lowest BCUT2D eigenvalue weighted by molar-refractivity contribution is 0.0945. The van der Waals surface area contributed by atoms with E-state index in [9.17, 15) is 9.59 Å². The molecular weight excluding hydrogens is 282 g/mol. The molecule has 0 fully saturated rings. The molecule has 0 atom stereocenters. The Kier molecular flexibility index (Phi) is 4.60. The Hall–Kier alpha value is -2.63. The van der Waals surface area contributed by atoms with Crippen LogP contribution >= 0.6 is 0 Å². The highest BCUT2D eigenvalue weighted by Gasteiger charge is 2.19. The maximum absolute atomic E-state index is 12.3. The van der Waals surface area contributed by atoms with Gasteiger partial charge in [-0.1, -0.05) is 0 Å². The molecule has 0 saturated heterocycles. The predicted molar refractivity (Wildman–Crippen MR) is 82.2 cm³/mol. The van der Waals surface area contributed by atoms with E-state index in [1.165, 1.54) is 6.92 Å². The van der Waals surface area contributed by atoms with E-state index in [-0.39, 0.29) is 11.7 Å². The van der Waals surface area contributed by atoms with Gasteiger partial charge in [-0.05, 0) is 38.0 Å². The van der Waals surface area contributed by atoms with Crippen LogP contribution in [0.3, 0.4) is 0 Å². The Morgan fingerprint density at radius 1 is 1.36 bits per heavy atom. The molecule has 2 aromatic heterocycles. The van der Waals surface area contributed by atoms with Crippen molar-refractivity contribution in [1.29, 1.82) is 0 Å². The molecule has 2 rings (SSSR count). The summed E-state index contributed by atoms with van der Waals surface area (Å²) in [5.74, 6) is 0.200. The van der Waals surface area contributed by atoms with Crippen LogP contribution in [-0.4, -0.2) is 28.8 Å². The van der Waals surface area contributed by atoms with Crippen LogP contribution < -0.4 is 10.1 Å². The standard InChI is InChI=1S/C16H19N3O3/c1-9-14(11(3)20)10(2)19-15(9)16(21)18-8-12-5-6-17-13(7-12)22-4/h5-7,19H,8H2,1-4H3,(H,18,21). The molecule has 2 heterocycles. The summed E-state index contributed by atoms with van der Waals surface area (Å²) in [6, 6.07) is 3.56. The highest BCUT2D eigenvalue weighted by Crippen LogP contribution is 2.18. The van der Waals surface area contributed by atoms with E-state index >= 15 is 0 Å². The summed E-state index contributed by atoms with van der Waals surface area (Å²) in [6.45, 7) is 5.40. The van der Waals surface area contributed by atoms with Gasteiger partial charge < -0.3 is 15.0 Å². The smallest absolute Gasteiger partial charge is 0.268 e. The van der Waals surface area contributed by atoms with Crippen LogP contribution in [0.25, 0.3) is 0 Å². The van der Waals surface area contributed by atoms with Crippen molar-refractivity contribution in [2.75, 3.05) is 7.11 Å². The number of amides is 1. The van der Waals surface area contributed by atoms with Crippen molar-refractivity contribution in [2.45, 2.75) is 27.3 Å². The number of carbonyl (C=O) groups is 2. The number of rotatable bonds is 5. The maximum Gasteiger partial charge on any atom is 0.268 e. The number of ketones is 1. The molecule has 6 nitrogen and oxygen atoms in total. The molecule has 0 saturated carbocycles. The number of nitrogens with one attached hydrogen (secondary N) is 2. The fourth-order valence-corrected chi connectivity index (χ4v) is 2.45. The van der Waals surface area contributed by atoms with Crippen LogP contribution in [0.15, 0.2) is 18.3 Å². The molecule has 2 aromatic rings. The Morgan fingerprint density at radius 2 is 2.09 bits per heavy atom. The second-order valence-corrected chi connectivity index (χ2v) is 5.07. The summed E-state index contributed by atoms with van der Waals surface area (Å²) in [5, 5.41) is 2.82. The first-order chi connectivity index (χ1) is 10.4. The predicted octanol–water partition coefficient (Wildman–Crippen LogP) is 2.17. The van der Waals surface area contributed by atoms with Crippen molar-refractivity contribution in [1.82, 2.24) is 15.3 Å². The van der Waals surface area contributed by atoms with E-state index in [1.807, 2.05) is 0 Å². The molecule has 6 heteroatoms. The second kappa shape index (κ2) is 6.43. The number of methoxy groups -OCH3 is 1. The summed E-state index contributed by atoms with van der Waals surface area (Å²) >= 11 is 0. The Balaban J connectivity index is 2.13. The number of aryl methyl sites for hydroxylation is 1. The van der Waals surface area contributed by atoms with Crippen molar-refractivity contribution < 1.29 is 14.3 Å². The van der Waals surface area contributed by atoms with Crippen LogP contribution in [0.2, 0.25) is 0 Å². The first kappa shape index (κ1) is 15.8. The summed E-state index contributed by atoms with van der Waals surface area (Å²) in [6.07, 6.45) is 1.62. The Bertz CT molecular complexity index is 719. The van der Waals surface area contributed by atoms with E-state index in [4.69, 9.17) is 4.74 Å². The van der Waals surface area contributed by atoms with Crippen LogP contribution in [0, 0.1) is 13.8 Å². The average Bonchev–Trinajstić information content (AvgIpc) is 2.80. The number of aromatic nitrogens is 2. The molecule has 0 aliphatic carbocycles. The number of pyridine rings is 1. The summed E-state index contributed by atoms with van der Waals surface area (Å²) in [5.41, 5.74) is 3.27. The van der Waals surface area contributed by atoms with Gasteiger partial charge >= 0.3 is 0 Å². The monoisotopic (exact) mass is 301 g/mol. The molecule has 2 N–H and O–H groups in total. The van der Waals surface area contributed by atoms with E-state index < -0.39 is 0 Å². The van der Waals surface area contributed by atoms with Gasteiger partial charge in [-0.2, -0.15) is 0 Å². The van der Waals surface area contributed by atoms with Gasteiger partial charge in [0.15, 0.2) is 5.78 Å². The van der Waals surface area contributed by atoms with Gasteiger partial charge in [0, 0.05) is 30.1 Å². The minimum Gasteiger partial charge on any atom is -0.481 e. The minimum atomic E-state index is -0.246. The van der Waals surface area contributed by atoms with Crippen LogP contribution in [-0.2, 0) is 6.54 Å². The Morgan fingerprint density at radius 3 is 2.68 bits per heavy atom. The lowest BCUT2D eigenvalue weighted by Gasteiger charge is -2.06. The number of nitrogens with zero attached hydrogens (tertiary/aromatic N) is 1. The quantitative estimate of drug-likeness (QED) is 0.829. The molecule has 0 aromatic carbocycles. The van der Waals surface area contributed by atoms with Crippen molar-refractivity contribution in [3.63, 3.8) is 0 Å². The number of hydrogen-bond donors (Lipinski definition) is 2. The minimum absolute atomic E-state index is 0.0517. The first-order valence-electron chi connectivity index (χ1n) is 6.91. The first-order valence-corrected chi connectivity index (χ1v) is 6.91. The zero-order chi connectivity index (χ0) is 16.3. The SMILES string of the molecule is COc1cc(CNC(=O)c2[nH]c(C)c(C(C)=O)c2C)ccn1. The van der Waals surface area contributed by atoms with Gasteiger partial charge in [-0.15, -0.1) is 0 Å². The third-order valence-corrected chi connectivity index (χ3v) is 3.48. The van der Waals surface area contributed by atoms with Gasteiger partial charge in [0.2, 0.25) is 5.88 Å². The summed E-state index contributed by atoms with van der Waals surface area (Å²) < 4.78 is 5.04. The molecular formula is C16H19N3O3. The third-order valence-electron chi connectivity index (χ3n) is 3.48. The van der Waals surface area contributed by atoms with Gasteiger partial charge in [0.05, 0.1) is 7.11 Å². The highest BCUT2D eigenvalue weighted by atomic mass is 16.5. The normalized spacial score (nSPS) is 10.4. The van der Waals surface area contributed by atoms with Crippen molar-refractivity contribution >= 4 is 11.7 Å². The molecule has 1 amide bonds. The molecule has 0 spiro atoms. The summed E-state index contributed by atoms with van der Waals surface area (Å²) in [7, 11) is 1.54. The number of carbonyl (C=O) groups excluding carboxylic acids is 2. The number of Topliss-reactive ketones (excluding diaryl/α,β-unsaturated/α-hetero) is 1. The highest BCUT2D eigenvalue weighted by molar-refractivity contribution is 6.02. The fourth-order valence-electron chi connectivity index (χ4n) is 2.45. The zero-order valence-electron chi connectivity index (χ0n) is 13.1. The Labute approximate surface area is 128 Å². The van der Waals surface area contributed by atoms with E-state index in [2.05, 4.69) is 15.3 Å². The number of ether oxygens (including phenoxy) is 1. The van der Waals surface area contributed by atoms with E-state index in [0.717, 1.165) is 5.56 Å². The molecule has 22 heavy (non-hydrogen) atoms. The van der Waals surface area contributed by atoms with Gasteiger partial charge in [-0.25, -0.2) is 4.98 Å². The average molecular weight is 301 g/mol. The third kappa shape index (κ3) is 3.16. The van der Waals surface area contributed by atoms with Gasteiger partial charge in [0.1, 0.15) is 5.69 Å². The van der Waals surface area contributed by atoms with Crippen LogP contribution in [0.1, 0.15) is 44.6 Å². The largest absolute Gasteiger partial charge is 0.481 e. The molecule has 0 aliphatic rings. The lowest BCUT2D eigenvalue weighted by atomic mass is 10.1. The number of hydrogen-bond acceptors (Lipinski definition) is 4. The molecule has 0 unspecified atom stereocenters. The topological polar surface area (TPSA) is 84.1 Å². The molecule has 116 valence electrons. The van der Waals surface area contributed by atoms with Crippen molar-refractivity contribution in [3.8, 4) is 5.88 Å². The van der Waals surface area contributed by atoms with Gasteiger partial charge in [-0.3, -0.25) is 9.59 Å². The van der Waals surface area contributed by atoms with Crippen molar-refractivity contribution in [2.24, 2.45) is 0 Å². The van der Waals surface area contributed by atoms with Crippen LogP contribution in [0.4, 0.5) is 0 Å². The molecule has 0 radical (unpaired) electrons.